The average Bonchev–Trinajstić information content (AvgIpc) is 2.90. The van der Waals surface area contributed by atoms with E-state index < -0.39 is 0 Å². The minimum Gasteiger partial charge on any atom is -0.328 e. The van der Waals surface area contributed by atoms with Crippen molar-refractivity contribution in [1.29, 1.82) is 0 Å². The first-order valence-corrected chi connectivity index (χ1v) is 8.65. The predicted octanol–water partition coefficient (Wildman–Crippen LogP) is 2.91. The third-order valence-corrected chi connectivity index (χ3v) is 4.48. The lowest BCUT2D eigenvalue weighted by atomic mass is 10.1. The lowest BCUT2D eigenvalue weighted by molar-refractivity contribution is 0.0636. The van der Waals surface area contributed by atoms with E-state index in [1.54, 1.807) is 18.3 Å². The van der Waals surface area contributed by atoms with Crippen molar-refractivity contribution in [3.05, 3.63) is 59.1 Å². The number of hydrogen-bond acceptors (Lipinski definition) is 4. The zero-order valence-electron chi connectivity index (χ0n) is 13.5. The second-order valence-corrected chi connectivity index (χ2v) is 6.39. The van der Waals surface area contributed by atoms with E-state index in [-0.39, 0.29) is 11.9 Å². The lowest BCUT2D eigenvalue weighted by Gasteiger charge is -2.30. The molecule has 0 unspecified atom stereocenters. The van der Waals surface area contributed by atoms with Crippen molar-refractivity contribution in [2.24, 2.45) is 0 Å². The van der Waals surface area contributed by atoms with E-state index in [0.29, 0.717) is 17.3 Å². The predicted molar refractivity (Wildman–Crippen MR) is 93.9 cm³/mol. The minimum absolute atomic E-state index is 0.0655. The number of carbonyl (C=O) groups is 1. The topological polar surface area (TPSA) is 58.1 Å². The molecule has 1 aliphatic heterocycles. The highest BCUT2D eigenvalue weighted by Gasteiger charge is 2.26. The van der Waals surface area contributed by atoms with Crippen molar-refractivity contribution in [2.45, 2.75) is 31.8 Å². The van der Waals surface area contributed by atoms with Gasteiger partial charge in [-0.2, -0.15) is 0 Å². The van der Waals surface area contributed by atoms with E-state index in [9.17, 15) is 4.79 Å². The quantitative estimate of drug-likeness (QED) is 0.926. The van der Waals surface area contributed by atoms with Gasteiger partial charge in [-0.3, -0.25) is 9.78 Å². The number of rotatable bonds is 4. The largest absolute Gasteiger partial charge is 0.328 e. The zero-order chi connectivity index (χ0) is 16.8. The summed E-state index contributed by atoms with van der Waals surface area (Å²) in [6, 6.07) is 9.35. The second kappa shape index (κ2) is 8.22. The van der Waals surface area contributed by atoms with E-state index in [4.69, 9.17) is 11.6 Å². The van der Waals surface area contributed by atoms with Gasteiger partial charge >= 0.3 is 0 Å². The van der Waals surface area contributed by atoms with Crippen molar-refractivity contribution in [1.82, 2.24) is 20.2 Å². The molecule has 2 aromatic heterocycles. The molecule has 0 aliphatic carbocycles. The fourth-order valence-electron chi connectivity index (χ4n) is 2.99. The van der Waals surface area contributed by atoms with Crippen molar-refractivity contribution in [2.75, 3.05) is 13.1 Å². The summed E-state index contributed by atoms with van der Waals surface area (Å²) in [5.41, 5.74) is 1.31. The maximum atomic E-state index is 13.0. The van der Waals surface area contributed by atoms with Crippen LogP contribution in [-0.4, -0.2) is 39.9 Å². The van der Waals surface area contributed by atoms with Crippen molar-refractivity contribution in [3.63, 3.8) is 0 Å². The third kappa shape index (κ3) is 4.30. The number of hydrogen-bond donors (Lipinski definition) is 1. The highest BCUT2D eigenvalue weighted by atomic mass is 35.5. The van der Waals surface area contributed by atoms with Crippen LogP contribution >= 0.6 is 11.6 Å². The van der Waals surface area contributed by atoms with E-state index >= 15 is 0 Å². The van der Waals surface area contributed by atoms with Crippen molar-refractivity contribution < 1.29 is 4.79 Å². The highest BCUT2D eigenvalue weighted by molar-refractivity contribution is 6.30. The first kappa shape index (κ1) is 16.9. The zero-order valence-corrected chi connectivity index (χ0v) is 14.2. The summed E-state index contributed by atoms with van der Waals surface area (Å²) in [6.07, 6.45) is 6.26. The summed E-state index contributed by atoms with van der Waals surface area (Å²) in [5.74, 6) is -0.0655. The molecule has 2 aromatic rings. The Morgan fingerprint density at radius 3 is 2.88 bits per heavy atom. The number of pyridine rings is 2. The van der Waals surface area contributed by atoms with Gasteiger partial charge in [0.15, 0.2) is 0 Å². The SMILES string of the molecule is O=C(c1ccc(Cl)cn1)N(Cc1ccccn1)[C@@H]1CCCNCC1. The molecule has 1 saturated heterocycles. The molecule has 24 heavy (non-hydrogen) atoms. The average molecular weight is 345 g/mol. The van der Waals surface area contributed by atoms with Gasteiger partial charge < -0.3 is 10.2 Å². The molecule has 126 valence electrons. The number of nitrogens with zero attached hydrogens (tertiary/aromatic N) is 3. The molecule has 0 radical (unpaired) electrons. The Kier molecular flexibility index (Phi) is 5.77. The molecule has 0 saturated carbocycles. The van der Waals surface area contributed by atoms with Crippen LogP contribution in [0.5, 0.6) is 0 Å². The van der Waals surface area contributed by atoms with Crippen LogP contribution < -0.4 is 5.32 Å². The summed E-state index contributed by atoms with van der Waals surface area (Å²) < 4.78 is 0. The Bertz CT molecular complexity index is 654. The first-order chi connectivity index (χ1) is 11.7. The van der Waals surface area contributed by atoms with E-state index in [1.807, 2.05) is 23.1 Å². The normalized spacial score (nSPS) is 18.0. The molecule has 3 heterocycles. The smallest absolute Gasteiger partial charge is 0.273 e. The summed E-state index contributed by atoms with van der Waals surface area (Å²) in [7, 11) is 0. The molecule has 0 bridgehead atoms. The van der Waals surface area contributed by atoms with E-state index in [1.165, 1.54) is 6.20 Å². The van der Waals surface area contributed by atoms with Crippen LogP contribution in [0.25, 0.3) is 0 Å². The third-order valence-electron chi connectivity index (χ3n) is 4.25. The second-order valence-electron chi connectivity index (χ2n) is 5.95. The molecule has 1 fully saturated rings. The molecule has 0 aromatic carbocycles. The van der Waals surface area contributed by atoms with Crippen LogP contribution in [0.3, 0.4) is 0 Å². The number of aromatic nitrogens is 2. The summed E-state index contributed by atoms with van der Waals surface area (Å²) in [6.45, 7) is 2.42. The van der Waals surface area contributed by atoms with Gasteiger partial charge in [0, 0.05) is 18.4 Å². The van der Waals surface area contributed by atoms with E-state index in [0.717, 1.165) is 38.0 Å². The Morgan fingerprint density at radius 1 is 1.21 bits per heavy atom. The van der Waals surface area contributed by atoms with Gasteiger partial charge in [-0.05, 0) is 56.6 Å². The van der Waals surface area contributed by atoms with Gasteiger partial charge in [-0.15, -0.1) is 0 Å². The molecule has 1 aliphatic rings. The summed E-state index contributed by atoms with van der Waals surface area (Å²) in [4.78, 5) is 23.5. The highest BCUT2D eigenvalue weighted by Crippen LogP contribution is 2.19. The number of carbonyl (C=O) groups excluding carboxylic acids is 1. The van der Waals surface area contributed by atoms with Crippen LogP contribution in [-0.2, 0) is 6.54 Å². The van der Waals surface area contributed by atoms with Gasteiger partial charge in [-0.25, -0.2) is 4.98 Å². The lowest BCUT2D eigenvalue weighted by Crippen LogP contribution is -2.41. The number of halogens is 1. The molecule has 1 N–H and O–H groups in total. The van der Waals surface area contributed by atoms with Crippen molar-refractivity contribution in [3.8, 4) is 0 Å². The molecular formula is C18H21ClN4O. The van der Waals surface area contributed by atoms with Crippen LogP contribution in [0.4, 0.5) is 0 Å². The van der Waals surface area contributed by atoms with Crippen LogP contribution in [0.2, 0.25) is 5.02 Å². The van der Waals surface area contributed by atoms with E-state index in [2.05, 4.69) is 15.3 Å². The van der Waals surface area contributed by atoms with Crippen molar-refractivity contribution >= 4 is 17.5 Å². The number of nitrogens with one attached hydrogen (secondary N) is 1. The van der Waals surface area contributed by atoms with Gasteiger partial charge in [0.2, 0.25) is 0 Å². The Balaban J connectivity index is 1.85. The first-order valence-electron chi connectivity index (χ1n) is 8.27. The molecule has 0 spiro atoms. The summed E-state index contributed by atoms with van der Waals surface area (Å²) >= 11 is 5.89. The monoisotopic (exact) mass is 344 g/mol. The number of amides is 1. The molecule has 3 rings (SSSR count). The molecule has 5 nitrogen and oxygen atoms in total. The fourth-order valence-corrected chi connectivity index (χ4v) is 3.11. The van der Waals surface area contributed by atoms with Crippen LogP contribution in [0.1, 0.15) is 35.4 Å². The molecule has 1 amide bonds. The van der Waals surface area contributed by atoms with Gasteiger partial charge in [0.25, 0.3) is 5.91 Å². The van der Waals surface area contributed by atoms with Crippen LogP contribution in [0.15, 0.2) is 42.7 Å². The minimum atomic E-state index is -0.0655. The van der Waals surface area contributed by atoms with Gasteiger partial charge in [0.1, 0.15) is 5.69 Å². The standard InChI is InChI=1S/C18H21ClN4O/c19-14-6-7-17(22-12-14)18(24)23(13-15-4-1-2-10-21-15)16-5-3-9-20-11-8-16/h1-2,4,6-7,10,12,16,20H,3,5,8-9,11,13H2/t16-/m1/s1. The molecule has 1 atom stereocenters. The summed E-state index contributed by atoms with van der Waals surface area (Å²) in [5, 5.41) is 3.92. The maximum Gasteiger partial charge on any atom is 0.273 e. The Labute approximate surface area is 147 Å². The molecule has 6 heteroatoms. The Hall–Kier alpha value is -1.98. The Morgan fingerprint density at radius 2 is 2.12 bits per heavy atom. The van der Waals surface area contributed by atoms with Gasteiger partial charge in [0.05, 0.1) is 17.3 Å². The van der Waals surface area contributed by atoms with Gasteiger partial charge in [-0.1, -0.05) is 17.7 Å². The van der Waals surface area contributed by atoms with Crippen LogP contribution in [0, 0.1) is 0 Å². The maximum absolute atomic E-state index is 13.0. The molecular weight excluding hydrogens is 324 g/mol. The fraction of sp³-hybridized carbons (Fsp3) is 0.389.